The van der Waals surface area contributed by atoms with Crippen molar-refractivity contribution in [3.63, 3.8) is 0 Å². The molecule has 0 aliphatic heterocycles. The van der Waals surface area contributed by atoms with Crippen molar-refractivity contribution in [2.45, 2.75) is 6.92 Å². The van der Waals surface area contributed by atoms with Gasteiger partial charge in [0.2, 0.25) is 0 Å². The van der Waals surface area contributed by atoms with E-state index in [0.29, 0.717) is 0 Å². The maximum atomic E-state index is 6.59. The topological polar surface area (TPSA) is 23.0 Å². The number of para-hydroxylation sites is 3. The molecule has 3 nitrogen and oxygen atoms in total. The number of aryl methyl sites for hydroxylation is 1. The highest BCUT2D eigenvalue weighted by Crippen LogP contribution is 2.45. The molecule has 0 atom stereocenters. The quantitative estimate of drug-likeness (QED) is 0.226. The summed E-state index contributed by atoms with van der Waals surface area (Å²) in [5.74, 6) is 0. The molecule has 188 valence electrons. The number of fused-ring (bicyclic) bond motifs is 11. The third-order valence-electron chi connectivity index (χ3n) is 8.34. The minimum Gasteiger partial charge on any atom is -0.455 e. The van der Waals surface area contributed by atoms with Crippen molar-refractivity contribution in [1.82, 2.24) is 9.13 Å². The van der Waals surface area contributed by atoms with Crippen molar-refractivity contribution in [2.75, 3.05) is 0 Å². The summed E-state index contributed by atoms with van der Waals surface area (Å²) in [5.41, 5.74) is 10.2. The van der Waals surface area contributed by atoms with E-state index in [1.54, 1.807) is 0 Å². The van der Waals surface area contributed by atoms with Crippen LogP contribution in [-0.2, 0) is 0 Å². The molecule has 6 aromatic carbocycles. The van der Waals surface area contributed by atoms with Crippen LogP contribution in [0.4, 0.5) is 0 Å². The van der Waals surface area contributed by atoms with Crippen molar-refractivity contribution in [1.29, 1.82) is 0 Å². The van der Waals surface area contributed by atoms with Crippen LogP contribution < -0.4 is 0 Å². The van der Waals surface area contributed by atoms with Crippen LogP contribution in [0.25, 0.3) is 76.9 Å². The van der Waals surface area contributed by atoms with Crippen molar-refractivity contribution in [3.05, 3.63) is 133 Å². The molecule has 0 fully saturated rings. The van der Waals surface area contributed by atoms with Gasteiger partial charge in [0.15, 0.2) is 0 Å². The predicted molar refractivity (Wildman–Crippen MR) is 167 cm³/mol. The summed E-state index contributed by atoms with van der Waals surface area (Å²) < 4.78 is 11.4. The van der Waals surface area contributed by atoms with Gasteiger partial charge in [0, 0.05) is 38.3 Å². The van der Waals surface area contributed by atoms with Gasteiger partial charge in [0.1, 0.15) is 11.2 Å². The number of hydrogen-bond acceptors (Lipinski definition) is 1. The molecule has 0 amide bonds. The predicted octanol–water partition coefficient (Wildman–Crippen LogP) is 10.1. The Kier molecular flexibility index (Phi) is 4.26. The van der Waals surface area contributed by atoms with Gasteiger partial charge in [-0.15, -0.1) is 0 Å². The summed E-state index contributed by atoms with van der Waals surface area (Å²) >= 11 is 0. The number of rotatable bonds is 2. The van der Waals surface area contributed by atoms with Crippen molar-refractivity contribution < 1.29 is 4.42 Å². The molecule has 0 saturated heterocycles. The van der Waals surface area contributed by atoms with Gasteiger partial charge in [-0.2, -0.15) is 0 Å². The van der Waals surface area contributed by atoms with Crippen LogP contribution in [-0.4, -0.2) is 9.13 Å². The largest absolute Gasteiger partial charge is 0.455 e. The third-order valence-corrected chi connectivity index (χ3v) is 8.34. The Bertz CT molecular complexity index is 2440. The lowest BCUT2D eigenvalue weighted by atomic mass is 10.1. The maximum absolute atomic E-state index is 6.59. The van der Waals surface area contributed by atoms with E-state index in [9.17, 15) is 0 Å². The molecule has 0 saturated carbocycles. The summed E-state index contributed by atoms with van der Waals surface area (Å²) in [4.78, 5) is 0. The van der Waals surface area contributed by atoms with Gasteiger partial charge in [-0.25, -0.2) is 0 Å². The summed E-state index contributed by atoms with van der Waals surface area (Å²) in [6.07, 6.45) is 0. The average Bonchev–Trinajstić information content (AvgIpc) is 3.65. The van der Waals surface area contributed by atoms with Crippen LogP contribution in [0.3, 0.4) is 0 Å². The number of furan rings is 1. The molecule has 0 spiro atoms. The molecular weight excluding hydrogens is 488 g/mol. The van der Waals surface area contributed by atoms with E-state index in [1.807, 2.05) is 6.07 Å². The Morgan fingerprint density at radius 1 is 0.475 bits per heavy atom. The fraction of sp³-hybridized carbons (Fsp3) is 0.0270. The minimum absolute atomic E-state index is 0.919. The highest BCUT2D eigenvalue weighted by Gasteiger charge is 2.23. The first-order valence-electron chi connectivity index (χ1n) is 13.7. The lowest BCUT2D eigenvalue weighted by Gasteiger charge is -2.10. The molecule has 0 radical (unpaired) electrons. The summed E-state index contributed by atoms with van der Waals surface area (Å²) in [6.45, 7) is 2.15. The minimum atomic E-state index is 0.919. The smallest absolute Gasteiger partial charge is 0.145 e. The van der Waals surface area contributed by atoms with E-state index in [4.69, 9.17) is 4.42 Å². The Hall–Kier alpha value is -5.28. The zero-order valence-electron chi connectivity index (χ0n) is 21.9. The first kappa shape index (κ1) is 21.6. The SMILES string of the molecule is Cc1cccc(-n2c3ccccc3c3c2ccc2c4c5oc6ccccc6c5ccc4n(-c4ccccc4)c23)c1. The molecular formula is C37H24N2O. The second-order valence-electron chi connectivity index (χ2n) is 10.7. The molecule has 0 aliphatic rings. The molecule has 0 unspecified atom stereocenters. The Labute approximate surface area is 230 Å². The van der Waals surface area contributed by atoms with Gasteiger partial charge in [0.25, 0.3) is 0 Å². The number of benzene rings is 6. The molecule has 0 aliphatic carbocycles. The van der Waals surface area contributed by atoms with E-state index < -0.39 is 0 Å². The fourth-order valence-electron chi connectivity index (χ4n) is 6.71. The first-order chi connectivity index (χ1) is 19.8. The number of hydrogen-bond donors (Lipinski definition) is 0. The van der Waals surface area contributed by atoms with Crippen LogP contribution in [0.2, 0.25) is 0 Å². The second-order valence-corrected chi connectivity index (χ2v) is 10.7. The second kappa shape index (κ2) is 7.87. The normalized spacial score (nSPS) is 12.1. The summed E-state index contributed by atoms with van der Waals surface area (Å²) in [5, 5.41) is 7.14. The number of aromatic nitrogens is 2. The Morgan fingerprint density at radius 2 is 1.18 bits per heavy atom. The van der Waals surface area contributed by atoms with E-state index in [-0.39, 0.29) is 0 Å². The van der Waals surface area contributed by atoms with Crippen LogP contribution >= 0.6 is 0 Å². The van der Waals surface area contributed by atoms with Gasteiger partial charge in [-0.05, 0) is 73.2 Å². The monoisotopic (exact) mass is 512 g/mol. The summed E-state index contributed by atoms with van der Waals surface area (Å²) in [6, 6.07) is 45.6. The molecule has 9 aromatic rings. The molecule has 9 rings (SSSR count). The van der Waals surface area contributed by atoms with Gasteiger partial charge in [-0.3, -0.25) is 0 Å². The third kappa shape index (κ3) is 2.79. The van der Waals surface area contributed by atoms with Gasteiger partial charge in [-0.1, -0.05) is 66.7 Å². The van der Waals surface area contributed by atoms with Gasteiger partial charge in [0.05, 0.1) is 27.5 Å². The molecule has 3 heteroatoms. The first-order valence-corrected chi connectivity index (χ1v) is 13.7. The average molecular weight is 513 g/mol. The molecule has 40 heavy (non-hydrogen) atoms. The zero-order chi connectivity index (χ0) is 26.4. The van der Waals surface area contributed by atoms with Gasteiger partial charge >= 0.3 is 0 Å². The Morgan fingerprint density at radius 3 is 2.02 bits per heavy atom. The molecule has 0 bridgehead atoms. The molecule has 3 aromatic heterocycles. The van der Waals surface area contributed by atoms with E-state index in [1.165, 1.54) is 44.0 Å². The van der Waals surface area contributed by atoms with Gasteiger partial charge < -0.3 is 13.6 Å². The standard InChI is InChI=1S/C37H24N2O/c1-23-10-9-13-25(22-23)38-30-16-7-5-15-28(30)34-31(38)21-19-29-35-32(39(36(29)34)24-11-3-2-4-12-24)20-18-27-26-14-6-8-17-33(26)40-37(27)35/h2-22H,1H3. The lowest BCUT2D eigenvalue weighted by Crippen LogP contribution is -1.95. The van der Waals surface area contributed by atoms with Crippen LogP contribution in [0.5, 0.6) is 0 Å². The van der Waals surface area contributed by atoms with E-state index in [2.05, 4.69) is 137 Å². The van der Waals surface area contributed by atoms with Crippen LogP contribution in [0.1, 0.15) is 5.56 Å². The van der Waals surface area contributed by atoms with E-state index in [0.717, 1.165) is 38.5 Å². The molecule has 0 N–H and O–H groups in total. The highest BCUT2D eigenvalue weighted by molar-refractivity contribution is 6.30. The highest BCUT2D eigenvalue weighted by atomic mass is 16.3. The van der Waals surface area contributed by atoms with Crippen molar-refractivity contribution >= 4 is 65.6 Å². The zero-order valence-corrected chi connectivity index (χ0v) is 21.9. The van der Waals surface area contributed by atoms with E-state index >= 15 is 0 Å². The number of nitrogens with zero attached hydrogens (tertiary/aromatic N) is 2. The molecule has 3 heterocycles. The lowest BCUT2D eigenvalue weighted by molar-refractivity contribution is 0.673. The van der Waals surface area contributed by atoms with Crippen LogP contribution in [0, 0.1) is 6.92 Å². The van der Waals surface area contributed by atoms with Crippen molar-refractivity contribution in [3.8, 4) is 11.4 Å². The summed E-state index contributed by atoms with van der Waals surface area (Å²) in [7, 11) is 0. The van der Waals surface area contributed by atoms with Crippen molar-refractivity contribution in [2.24, 2.45) is 0 Å². The fourth-order valence-corrected chi connectivity index (χ4v) is 6.71. The Balaban J connectivity index is 1.56. The maximum Gasteiger partial charge on any atom is 0.145 e. The van der Waals surface area contributed by atoms with Crippen LogP contribution in [0.15, 0.2) is 132 Å².